The Morgan fingerprint density at radius 1 is 0.923 bits per heavy atom. The van der Waals surface area contributed by atoms with Crippen molar-refractivity contribution < 1.29 is 14.3 Å². The summed E-state index contributed by atoms with van der Waals surface area (Å²) in [7, 11) is 0. The molecule has 2 saturated heterocycles. The van der Waals surface area contributed by atoms with E-state index in [2.05, 4.69) is 10.2 Å². The van der Waals surface area contributed by atoms with Crippen molar-refractivity contribution in [1.82, 2.24) is 15.1 Å². The molecule has 1 saturated carbocycles. The summed E-state index contributed by atoms with van der Waals surface area (Å²) in [6.07, 6.45) is 8.97. The number of carbonyl (C=O) groups is 2. The van der Waals surface area contributed by atoms with Gasteiger partial charge in [0.2, 0.25) is 11.8 Å². The van der Waals surface area contributed by atoms with Crippen LogP contribution in [0.5, 0.6) is 0 Å². The second-order valence-corrected chi connectivity index (χ2v) is 8.25. The largest absolute Gasteiger partial charge is 0.379 e. The van der Waals surface area contributed by atoms with E-state index >= 15 is 0 Å². The molecule has 0 spiro atoms. The fourth-order valence-electron chi connectivity index (χ4n) is 4.60. The molecule has 1 unspecified atom stereocenters. The smallest absolute Gasteiger partial charge is 0.241 e. The molecule has 3 aliphatic rings. The predicted octanol–water partition coefficient (Wildman–Crippen LogP) is 1.64. The number of hydrogen-bond donors (Lipinski definition) is 1. The number of piperidine rings is 1. The molecule has 1 N–H and O–H groups in total. The molecule has 0 bridgehead atoms. The van der Waals surface area contributed by atoms with Gasteiger partial charge >= 0.3 is 0 Å². The lowest BCUT2D eigenvalue weighted by atomic mass is 9.87. The zero-order valence-corrected chi connectivity index (χ0v) is 16.1. The van der Waals surface area contributed by atoms with E-state index < -0.39 is 0 Å². The fraction of sp³-hybridized carbons (Fsp3) is 0.900. The van der Waals surface area contributed by atoms with E-state index in [1.54, 1.807) is 0 Å². The van der Waals surface area contributed by atoms with Gasteiger partial charge in [-0.3, -0.25) is 14.5 Å². The van der Waals surface area contributed by atoms with Crippen LogP contribution in [-0.2, 0) is 14.3 Å². The number of likely N-dealkylation sites (tertiary alicyclic amines) is 1. The number of rotatable bonds is 6. The zero-order valence-electron chi connectivity index (χ0n) is 16.1. The number of morpholine rings is 1. The lowest BCUT2D eigenvalue weighted by Crippen LogP contribution is -2.48. The van der Waals surface area contributed by atoms with E-state index in [9.17, 15) is 9.59 Å². The molecular weight excluding hydrogens is 330 g/mol. The fourth-order valence-corrected chi connectivity index (χ4v) is 4.60. The van der Waals surface area contributed by atoms with E-state index in [4.69, 9.17) is 4.74 Å². The Morgan fingerprint density at radius 3 is 2.42 bits per heavy atom. The summed E-state index contributed by atoms with van der Waals surface area (Å²) in [5, 5.41) is 2.87. The Morgan fingerprint density at radius 2 is 1.65 bits per heavy atom. The molecule has 2 aliphatic heterocycles. The first-order valence-electron chi connectivity index (χ1n) is 10.6. The summed E-state index contributed by atoms with van der Waals surface area (Å²) in [6, 6.07) is 0. The van der Waals surface area contributed by atoms with Crippen molar-refractivity contribution in [3.63, 3.8) is 0 Å². The van der Waals surface area contributed by atoms with Gasteiger partial charge in [-0.15, -0.1) is 0 Å². The molecule has 0 aromatic carbocycles. The standard InChI is InChI=1S/C20H35N3O3/c24-19(13-17-5-2-1-3-6-17)21-14-20(25)23-8-4-7-18(16-23)15-22-9-11-26-12-10-22/h17-18H,1-16H2,(H,21,24). The molecule has 6 heteroatoms. The first-order valence-corrected chi connectivity index (χ1v) is 10.6. The minimum absolute atomic E-state index is 0.0483. The lowest BCUT2D eigenvalue weighted by Gasteiger charge is -2.36. The monoisotopic (exact) mass is 365 g/mol. The maximum atomic E-state index is 12.5. The van der Waals surface area contributed by atoms with E-state index in [1.807, 2.05) is 4.90 Å². The topological polar surface area (TPSA) is 61.9 Å². The van der Waals surface area contributed by atoms with Gasteiger partial charge < -0.3 is 15.0 Å². The van der Waals surface area contributed by atoms with Gasteiger partial charge in [0.05, 0.1) is 19.8 Å². The third-order valence-corrected chi connectivity index (χ3v) is 6.13. The van der Waals surface area contributed by atoms with Crippen LogP contribution in [0.1, 0.15) is 51.4 Å². The van der Waals surface area contributed by atoms with Crippen LogP contribution in [0, 0.1) is 11.8 Å². The number of carbonyl (C=O) groups excluding carboxylic acids is 2. The number of nitrogens with one attached hydrogen (secondary N) is 1. The highest BCUT2D eigenvalue weighted by Gasteiger charge is 2.26. The van der Waals surface area contributed by atoms with Crippen molar-refractivity contribution in [3.05, 3.63) is 0 Å². The maximum absolute atomic E-state index is 12.5. The van der Waals surface area contributed by atoms with Gasteiger partial charge in [0.25, 0.3) is 0 Å². The highest BCUT2D eigenvalue weighted by atomic mass is 16.5. The summed E-state index contributed by atoms with van der Waals surface area (Å²) in [5.41, 5.74) is 0. The van der Waals surface area contributed by atoms with E-state index in [-0.39, 0.29) is 18.4 Å². The highest BCUT2D eigenvalue weighted by molar-refractivity contribution is 5.84. The molecule has 0 radical (unpaired) electrons. The average molecular weight is 366 g/mol. The number of amides is 2. The average Bonchev–Trinajstić information content (AvgIpc) is 2.68. The number of nitrogens with zero attached hydrogens (tertiary/aromatic N) is 2. The van der Waals surface area contributed by atoms with Gasteiger partial charge in [0.15, 0.2) is 0 Å². The first kappa shape index (κ1) is 19.6. The summed E-state index contributed by atoms with van der Waals surface area (Å²) in [5.74, 6) is 1.19. The minimum atomic E-state index is 0.0483. The van der Waals surface area contributed by atoms with Gasteiger partial charge in [-0.1, -0.05) is 19.3 Å². The molecule has 6 nitrogen and oxygen atoms in total. The Bertz CT molecular complexity index is 459. The van der Waals surface area contributed by atoms with Gasteiger partial charge in [-0.25, -0.2) is 0 Å². The van der Waals surface area contributed by atoms with E-state index in [1.165, 1.54) is 25.7 Å². The Balaban J connectivity index is 1.35. The second-order valence-electron chi connectivity index (χ2n) is 8.25. The van der Waals surface area contributed by atoms with Crippen molar-refractivity contribution in [1.29, 1.82) is 0 Å². The molecule has 3 rings (SSSR count). The molecule has 3 fully saturated rings. The van der Waals surface area contributed by atoms with Crippen molar-refractivity contribution in [2.75, 3.05) is 52.5 Å². The van der Waals surface area contributed by atoms with Crippen molar-refractivity contribution in [2.45, 2.75) is 51.4 Å². The normalized spacial score (nSPS) is 25.8. The lowest BCUT2D eigenvalue weighted by molar-refractivity contribution is -0.134. The van der Waals surface area contributed by atoms with Gasteiger partial charge in [0, 0.05) is 39.1 Å². The van der Waals surface area contributed by atoms with Crippen LogP contribution < -0.4 is 5.32 Å². The van der Waals surface area contributed by atoms with Crippen LogP contribution in [-0.4, -0.2) is 74.1 Å². The van der Waals surface area contributed by atoms with Crippen LogP contribution in [0.2, 0.25) is 0 Å². The third-order valence-electron chi connectivity index (χ3n) is 6.13. The van der Waals surface area contributed by atoms with Gasteiger partial charge in [-0.05, 0) is 37.5 Å². The molecule has 26 heavy (non-hydrogen) atoms. The van der Waals surface area contributed by atoms with Crippen molar-refractivity contribution >= 4 is 11.8 Å². The molecule has 1 aliphatic carbocycles. The Hall–Kier alpha value is -1.14. The van der Waals surface area contributed by atoms with Crippen molar-refractivity contribution in [2.24, 2.45) is 11.8 Å². The summed E-state index contributed by atoms with van der Waals surface area (Å²) in [4.78, 5) is 29.0. The second kappa shape index (κ2) is 10.3. The van der Waals surface area contributed by atoms with Crippen LogP contribution in [0.25, 0.3) is 0 Å². The van der Waals surface area contributed by atoms with Gasteiger partial charge in [-0.2, -0.15) is 0 Å². The van der Waals surface area contributed by atoms with Gasteiger partial charge in [0.1, 0.15) is 0 Å². The third kappa shape index (κ3) is 6.23. The zero-order chi connectivity index (χ0) is 18.2. The molecule has 0 aromatic rings. The maximum Gasteiger partial charge on any atom is 0.241 e. The minimum Gasteiger partial charge on any atom is -0.379 e. The molecule has 148 valence electrons. The molecule has 1 atom stereocenters. The number of hydrogen-bond acceptors (Lipinski definition) is 4. The van der Waals surface area contributed by atoms with Crippen LogP contribution in [0.4, 0.5) is 0 Å². The summed E-state index contributed by atoms with van der Waals surface area (Å²) < 4.78 is 5.41. The summed E-state index contributed by atoms with van der Waals surface area (Å²) >= 11 is 0. The predicted molar refractivity (Wildman–Crippen MR) is 101 cm³/mol. The summed E-state index contributed by atoms with van der Waals surface area (Å²) in [6.45, 7) is 6.52. The Labute approximate surface area is 157 Å². The van der Waals surface area contributed by atoms with Crippen LogP contribution >= 0.6 is 0 Å². The number of ether oxygens (including phenoxy) is 1. The quantitative estimate of drug-likeness (QED) is 0.777. The van der Waals surface area contributed by atoms with E-state index in [0.717, 1.165) is 65.2 Å². The van der Waals surface area contributed by atoms with Crippen LogP contribution in [0.3, 0.4) is 0 Å². The van der Waals surface area contributed by atoms with Crippen molar-refractivity contribution in [3.8, 4) is 0 Å². The van der Waals surface area contributed by atoms with Crippen LogP contribution in [0.15, 0.2) is 0 Å². The molecular formula is C20H35N3O3. The molecule has 0 aromatic heterocycles. The molecule has 2 amide bonds. The molecule has 2 heterocycles. The van der Waals surface area contributed by atoms with E-state index in [0.29, 0.717) is 18.3 Å². The SMILES string of the molecule is O=C(CC1CCCCC1)NCC(=O)N1CCCC(CN2CCOCC2)C1. The highest BCUT2D eigenvalue weighted by Crippen LogP contribution is 2.26. The Kier molecular flexibility index (Phi) is 7.74. The first-order chi connectivity index (χ1) is 12.7.